The molecule has 3 N–H and O–H groups in total. The second kappa shape index (κ2) is 8.86. The van der Waals surface area contributed by atoms with Gasteiger partial charge in [0.25, 0.3) is 0 Å². The Labute approximate surface area is 122 Å². The minimum Gasteiger partial charge on any atom is -0.494 e. The monoisotopic (exact) mass is 306 g/mol. The maximum Gasteiger partial charge on any atom is 0.401 e. The van der Waals surface area contributed by atoms with Crippen molar-refractivity contribution in [3.63, 3.8) is 0 Å². The van der Waals surface area contributed by atoms with Crippen LogP contribution in [-0.2, 0) is 6.54 Å². The van der Waals surface area contributed by atoms with Crippen molar-refractivity contribution in [3.05, 3.63) is 29.8 Å². The van der Waals surface area contributed by atoms with Crippen LogP contribution >= 0.6 is 0 Å². The number of nitrogens with two attached hydrogens (primary N) is 1. The van der Waals surface area contributed by atoms with Crippen molar-refractivity contribution in [1.82, 2.24) is 4.90 Å². The zero-order chi connectivity index (χ0) is 15.7. The zero-order valence-corrected chi connectivity index (χ0v) is 11.8. The summed E-state index contributed by atoms with van der Waals surface area (Å²) in [6, 6.07) is 7.25. The summed E-state index contributed by atoms with van der Waals surface area (Å²) in [6.07, 6.45) is -3.80. The fourth-order valence-corrected chi connectivity index (χ4v) is 1.86. The van der Waals surface area contributed by atoms with Gasteiger partial charge in [-0.3, -0.25) is 4.90 Å². The van der Waals surface area contributed by atoms with E-state index in [-0.39, 0.29) is 19.7 Å². The molecule has 0 aliphatic rings. The molecule has 0 bridgehead atoms. The van der Waals surface area contributed by atoms with E-state index in [0.29, 0.717) is 25.3 Å². The van der Waals surface area contributed by atoms with Gasteiger partial charge in [0, 0.05) is 19.6 Å². The van der Waals surface area contributed by atoms with Crippen LogP contribution < -0.4 is 10.5 Å². The Morgan fingerprint density at radius 3 is 2.33 bits per heavy atom. The Balaban J connectivity index is 2.29. The maximum atomic E-state index is 12.3. The summed E-state index contributed by atoms with van der Waals surface area (Å²) in [7, 11) is 0. The smallest absolute Gasteiger partial charge is 0.401 e. The highest BCUT2D eigenvalue weighted by molar-refractivity contribution is 5.26. The summed E-state index contributed by atoms with van der Waals surface area (Å²) in [6.45, 7) is -0.308. The standard InChI is InChI=1S/C14H21F3N2O2/c15-14(16,17)11-19(7-8-20)6-1-9-21-13-4-2-12(10-18)3-5-13/h2-5,20H,1,6-11,18H2. The molecule has 0 aliphatic heterocycles. The SMILES string of the molecule is NCc1ccc(OCCCN(CCO)CC(F)(F)F)cc1. The first kappa shape index (κ1) is 17.7. The van der Waals surface area contributed by atoms with Gasteiger partial charge in [0.15, 0.2) is 0 Å². The van der Waals surface area contributed by atoms with Gasteiger partial charge in [-0.2, -0.15) is 13.2 Å². The number of aliphatic hydroxyl groups is 1. The summed E-state index contributed by atoms with van der Waals surface area (Å²) in [4.78, 5) is 1.17. The largest absolute Gasteiger partial charge is 0.494 e. The molecule has 0 saturated heterocycles. The molecule has 21 heavy (non-hydrogen) atoms. The highest BCUT2D eigenvalue weighted by Crippen LogP contribution is 2.16. The average Bonchev–Trinajstić information content (AvgIpc) is 2.43. The summed E-state index contributed by atoms with van der Waals surface area (Å²) in [5.74, 6) is 0.664. The van der Waals surface area contributed by atoms with Gasteiger partial charge < -0.3 is 15.6 Å². The molecule has 0 spiro atoms. The van der Waals surface area contributed by atoms with Crippen molar-refractivity contribution in [2.45, 2.75) is 19.1 Å². The summed E-state index contributed by atoms with van der Waals surface area (Å²) < 4.78 is 42.4. The van der Waals surface area contributed by atoms with Gasteiger partial charge in [0.1, 0.15) is 5.75 Å². The van der Waals surface area contributed by atoms with E-state index in [4.69, 9.17) is 15.6 Å². The molecule has 0 atom stereocenters. The van der Waals surface area contributed by atoms with Crippen molar-refractivity contribution in [2.24, 2.45) is 5.73 Å². The van der Waals surface area contributed by atoms with E-state index in [1.165, 1.54) is 4.90 Å². The van der Waals surface area contributed by atoms with Crippen LogP contribution in [-0.4, -0.2) is 49.0 Å². The third-order valence-corrected chi connectivity index (χ3v) is 2.87. The quantitative estimate of drug-likeness (QED) is 0.683. The molecule has 0 aromatic heterocycles. The normalized spacial score (nSPS) is 11.9. The molecular weight excluding hydrogens is 285 g/mol. The van der Waals surface area contributed by atoms with E-state index < -0.39 is 12.7 Å². The fraction of sp³-hybridized carbons (Fsp3) is 0.571. The molecule has 0 unspecified atom stereocenters. The summed E-state index contributed by atoms with van der Waals surface area (Å²) in [5.41, 5.74) is 6.46. The van der Waals surface area contributed by atoms with E-state index in [0.717, 1.165) is 5.56 Å². The summed E-state index contributed by atoms with van der Waals surface area (Å²) in [5, 5.41) is 8.77. The van der Waals surface area contributed by atoms with Gasteiger partial charge in [0.05, 0.1) is 19.8 Å². The van der Waals surface area contributed by atoms with Crippen LogP contribution in [0.5, 0.6) is 5.75 Å². The lowest BCUT2D eigenvalue weighted by Gasteiger charge is -2.22. The first-order valence-corrected chi connectivity index (χ1v) is 6.76. The van der Waals surface area contributed by atoms with E-state index in [2.05, 4.69) is 0 Å². The van der Waals surface area contributed by atoms with Crippen molar-refractivity contribution in [1.29, 1.82) is 0 Å². The molecule has 0 radical (unpaired) electrons. The molecule has 4 nitrogen and oxygen atoms in total. The van der Waals surface area contributed by atoms with E-state index in [1.807, 2.05) is 12.1 Å². The topological polar surface area (TPSA) is 58.7 Å². The molecule has 0 saturated carbocycles. The van der Waals surface area contributed by atoms with Crippen LogP contribution in [0.4, 0.5) is 13.2 Å². The van der Waals surface area contributed by atoms with Crippen molar-refractivity contribution >= 4 is 0 Å². The highest BCUT2D eigenvalue weighted by Gasteiger charge is 2.30. The number of ether oxygens (including phenoxy) is 1. The molecule has 0 aliphatic carbocycles. The van der Waals surface area contributed by atoms with Crippen LogP contribution in [0.25, 0.3) is 0 Å². The maximum absolute atomic E-state index is 12.3. The predicted octanol–water partition coefficient (Wildman–Crippen LogP) is 1.77. The number of benzene rings is 1. The minimum atomic E-state index is -4.26. The Hall–Kier alpha value is -1.31. The number of hydrogen-bond donors (Lipinski definition) is 2. The fourth-order valence-electron chi connectivity index (χ4n) is 1.86. The lowest BCUT2D eigenvalue weighted by atomic mass is 10.2. The van der Waals surface area contributed by atoms with Crippen LogP contribution in [0.2, 0.25) is 0 Å². The van der Waals surface area contributed by atoms with Gasteiger partial charge in [-0.15, -0.1) is 0 Å². The number of aliphatic hydroxyl groups excluding tert-OH is 1. The Morgan fingerprint density at radius 1 is 1.14 bits per heavy atom. The van der Waals surface area contributed by atoms with Crippen LogP contribution in [0.15, 0.2) is 24.3 Å². The lowest BCUT2D eigenvalue weighted by Crippen LogP contribution is -2.37. The van der Waals surface area contributed by atoms with Crippen LogP contribution in [0.3, 0.4) is 0 Å². The van der Waals surface area contributed by atoms with Crippen molar-refractivity contribution in [3.8, 4) is 5.75 Å². The second-order valence-electron chi connectivity index (χ2n) is 4.67. The summed E-state index contributed by atoms with van der Waals surface area (Å²) >= 11 is 0. The first-order chi connectivity index (χ1) is 9.94. The van der Waals surface area contributed by atoms with Gasteiger partial charge in [-0.1, -0.05) is 12.1 Å². The van der Waals surface area contributed by atoms with Crippen LogP contribution in [0.1, 0.15) is 12.0 Å². The number of alkyl halides is 3. The predicted molar refractivity (Wildman–Crippen MR) is 74.0 cm³/mol. The second-order valence-corrected chi connectivity index (χ2v) is 4.67. The van der Waals surface area contributed by atoms with E-state index >= 15 is 0 Å². The lowest BCUT2D eigenvalue weighted by molar-refractivity contribution is -0.147. The third kappa shape index (κ3) is 7.89. The molecule has 120 valence electrons. The molecule has 1 aromatic carbocycles. The first-order valence-electron chi connectivity index (χ1n) is 6.76. The molecule has 0 fully saturated rings. The van der Waals surface area contributed by atoms with E-state index in [1.54, 1.807) is 12.1 Å². The van der Waals surface area contributed by atoms with Crippen molar-refractivity contribution in [2.75, 3.05) is 32.8 Å². The number of hydrogen-bond acceptors (Lipinski definition) is 4. The van der Waals surface area contributed by atoms with Crippen molar-refractivity contribution < 1.29 is 23.0 Å². The van der Waals surface area contributed by atoms with Gasteiger partial charge >= 0.3 is 6.18 Å². The molecule has 7 heteroatoms. The molecule has 1 rings (SSSR count). The van der Waals surface area contributed by atoms with Gasteiger partial charge in [-0.25, -0.2) is 0 Å². The average molecular weight is 306 g/mol. The molecule has 1 aromatic rings. The minimum absolute atomic E-state index is 0.00467. The molecular formula is C14H21F3N2O2. The molecule has 0 heterocycles. The zero-order valence-electron chi connectivity index (χ0n) is 11.8. The van der Waals surface area contributed by atoms with Crippen LogP contribution in [0, 0.1) is 0 Å². The van der Waals surface area contributed by atoms with Gasteiger partial charge in [-0.05, 0) is 24.1 Å². The Kier molecular flexibility index (Phi) is 7.49. The number of nitrogens with zero attached hydrogens (tertiary/aromatic N) is 1. The number of rotatable bonds is 9. The van der Waals surface area contributed by atoms with Gasteiger partial charge in [0.2, 0.25) is 0 Å². The Morgan fingerprint density at radius 2 is 1.81 bits per heavy atom. The molecule has 0 amide bonds. The van der Waals surface area contributed by atoms with E-state index in [9.17, 15) is 13.2 Å². The third-order valence-electron chi connectivity index (χ3n) is 2.87. The Bertz CT molecular complexity index is 396. The number of halogens is 3. The highest BCUT2D eigenvalue weighted by atomic mass is 19.4.